The summed E-state index contributed by atoms with van der Waals surface area (Å²) in [6.45, 7) is 0. The van der Waals surface area contributed by atoms with Crippen LogP contribution in [0.1, 0.15) is 0 Å². The Labute approximate surface area is 98.2 Å². The minimum atomic E-state index is 0.246. The van der Waals surface area contributed by atoms with Gasteiger partial charge in [0.05, 0.1) is 5.52 Å². The molecule has 0 spiro atoms. The maximum Gasteiger partial charge on any atom is 0.116 e. The normalized spacial score (nSPS) is 10.9. The van der Waals surface area contributed by atoms with Crippen LogP contribution in [-0.4, -0.2) is 19.9 Å². The summed E-state index contributed by atoms with van der Waals surface area (Å²) < 4.78 is 1.80. The van der Waals surface area contributed by atoms with E-state index in [-0.39, 0.29) is 5.75 Å². The largest absolute Gasteiger partial charge is 0.508 e. The van der Waals surface area contributed by atoms with E-state index < -0.39 is 0 Å². The molecular formula is C13H11N3O. The number of fused-ring (bicyclic) bond motifs is 1. The zero-order chi connectivity index (χ0) is 11.8. The molecule has 0 saturated heterocycles. The van der Waals surface area contributed by atoms with Crippen molar-refractivity contribution in [3.8, 4) is 17.0 Å². The Bertz CT molecular complexity index is 674. The molecule has 1 aromatic carbocycles. The van der Waals surface area contributed by atoms with Gasteiger partial charge in [-0.2, -0.15) is 5.10 Å². The van der Waals surface area contributed by atoms with Gasteiger partial charge in [0.2, 0.25) is 0 Å². The van der Waals surface area contributed by atoms with E-state index in [0.29, 0.717) is 0 Å². The molecule has 0 saturated carbocycles. The third-order valence-electron chi connectivity index (χ3n) is 2.77. The van der Waals surface area contributed by atoms with Crippen molar-refractivity contribution in [3.05, 3.63) is 42.7 Å². The Kier molecular flexibility index (Phi) is 2.08. The lowest BCUT2D eigenvalue weighted by molar-refractivity contribution is 0.476. The number of phenols is 1. The summed E-state index contributed by atoms with van der Waals surface area (Å²) in [4.78, 5) is 4.09. The smallest absolute Gasteiger partial charge is 0.116 e. The SMILES string of the molecule is Cn1nc(-c2cccnc2)c2cc(O)ccc21. The second-order valence-electron chi connectivity index (χ2n) is 3.92. The van der Waals surface area contributed by atoms with Gasteiger partial charge in [-0.1, -0.05) is 0 Å². The second-order valence-corrected chi connectivity index (χ2v) is 3.92. The van der Waals surface area contributed by atoms with Crippen molar-refractivity contribution >= 4 is 10.9 Å². The lowest BCUT2D eigenvalue weighted by Gasteiger charge is -1.96. The van der Waals surface area contributed by atoms with Crippen molar-refractivity contribution in [1.82, 2.24) is 14.8 Å². The van der Waals surface area contributed by atoms with Gasteiger partial charge in [0, 0.05) is 30.4 Å². The quantitative estimate of drug-likeness (QED) is 0.691. The Balaban J connectivity index is 2.34. The average molecular weight is 225 g/mol. The molecule has 1 N–H and O–H groups in total. The van der Waals surface area contributed by atoms with E-state index in [2.05, 4.69) is 10.1 Å². The first-order chi connectivity index (χ1) is 8.25. The Morgan fingerprint density at radius 1 is 1.24 bits per heavy atom. The molecule has 2 heterocycles. The maximum atomic E-state index is 9.56. The van der Waals surface area contributed by atoms with Crippen molar-refractivity contribution in [2.45, 2.75) is 0 Å². The fourth-order valence-electron chi connectivity index (χ4n) is 1.97. The fraction of sp³-hybridized carbons (Fsp3) is 0.0769. The van der Waals surface area contributed by atoms with Crippen molar-refractivity contribution in [2.75, 3.05) is 0 Å². The third-order valence-corrected chi connectivity index (χ3v) is 2.77. The van der Waals surface area contributed by atoms with Gasteiger partial charge in [-0.25, -0.2) is 0 Å². The molecule has 2 aromatic heterocycles. The standard InChI is InChI=1S/C13H11N3O/c1-16-12-5-4-10(17)7-11(12)13(15-16)9-3-2-6-14-8-9/h2-8,17H,1H3. The van der Waals surface area contributed by atoms with Crippen LogP contribution in [0, 0.1) is 0 Å². The Morgan fingerprint density at radius 2 is 2.12 bits per heavy atom. The molecule has 0 aliphatic carbocycles. The zero-order valence-electron chi connectivity index (χ0n) is 9.33. The van der Waals surface area contributed by atoms with Crippen LogP contribution in [0.5, 0.6) is 5.75 Å². The molecule has 0 bridgehead atoms. The molecule has 3 rings (SSSR count). The molecule has 4 nitrogen and oxygen atoms in total. The van der Waals surface area contributed by atoms with Crippen LogP contribution in [0.2, 0.25) is 0 Å². The Hall–Kier alpha value is -2.36. The summed E-state index contributed by atoms with van der Waals surface area (Å²) in [5.74, 6) is 0.246. The number of hydrogen-bond donors (Lipinski definition) is 1. The van der Waals surface area contributed by atoms with Crippen LogP contribution >= 0.6 is 0 Å². The molecule has 0 aliphatic rings. The fourth-order valence-corrected chi connectivity index (χ4v) is 1.97. The summed E-state index contributed by atoms with van der Waals surface area (Å²) in [6.07, 6.45) is 3.50. The van der Waals surface area contributed by atoms with Gasteiger partial charge < -0.3 is 5.11 Å². The number of aromatic hydroxyl groups is 1. The molecule has 4 heteroatoms. The molecule has 0 radical (unpaired) electrons. The van der Waals surface area contributed by atoms with Crippen LogP contribution in [0.4, 0.5) is 0 Å². The first kappa shape index (κ1) is 9.84. The second kappa shape index (κ2) is 3.59. The molecule has 0 amide bonds. The molecule has 3 aromatic rings. The van der Waals surface area contributed by atoms with E-state index in [4.69, 9.17) is 0 Å². The molecule has 0 atom stereocenters. The van der Waals surface area contributed by atoms with Gasteiger partial charge in [-0.05, 0) is 30.3 Å². The van der Waals surface area contributed by atoms with Gasteiger partial charge in [0.15, 0.2) is 0 Å². The molecule has 0 unspecified atom stereocenters. The van der Waals surface area contributed by atoms with E-state index in [1.165, 1.54) is 0 Å². The van der Waals surface area contributed by atoms with Gasteiger partial charge in [0.1, 0.15) is 11.4 Å². The van der Waals surface area contributed by atoms with E-state index in [1.54, 1.807) is 29.2 Å². The molecule has 84 valence electrons. The predicted molar refractivity (Wildman–Crippen MR) is 65.6 cm³/mol. The topological polar surface area (TPSA) is 50.9 Å². The minimum Gasteiger partial charge on any atom is -0.508 e. The summed E-state index contributed by atoms with van der Waals surface area (Å²) >= 11 is 0. The van der Waals surface area contributed by atoms with Crippen LogP contribution in [-0.2, 0) is 7.05 Å². The first-order valence-electron chi connectivity index (χ1n) is 5.32. The number of aromatic nitrogens is 3. The van der Waals surface area contributed by atoms with E-state index in [9.17, 15) is 5.11 Å². The highest BCUT2D eigenvalue weighted by molar-refractivity contribution is 5.93. The molecule has 17 heavy (non-hydrogen) atoms. The predicted octanol–water partition coefficient (Wildman–Crippen LogP) is 2.34. The molecule has 0 aliphatic heterocycles. The maximum absolute atomic E-state index is 9.56. The molecule has 0 fully saturated rings. The van der Waals surface area contributed by atoms with Crippen LogP contribution in [0.15, 0.2) is 42.7 Å². The summed E-state index contributed by atoms with van der Waals surface area (Å²) in [5, 5.41) is 15.0. The Morgan fingerprint density at radius 3 is 2.88 bits per heavy atom. The van der Waals surface area contributed by atoms with Gasteiger partial charge in [-0.3, -0.25) is 9.67 Å². The number of phenolic OH excluding ortho intramolecular Hbond substituents is 1. The van der Waals surface area contributed by atoms with Crippen LogP contribution < -0.4 is 0 Å². The number of rotatable bonds is 1. The number of nitrogens with zero attached hydrogens (tertiary/aromatic N) is 3. The van der Waals surface area contributed by atoms with Crippen molar-refractivity contribution in [1.29, 1.82) is 0 Å². The summed E-state index contributed by atoms with van der Waals surface area (Å²) in [6, 6.07) is 9.08. The van der Waals surface area contributed by atoms with Crippen molar-refractivity contribution in [2.24, 2.45) is 7.05 Å². The number of benzene rings is 1. The van der Waals surface area contributed by atoms with Crippen molar-refractivity contribution in [3.63, 3.8) is 0 Å². The minimum absolute atomic E-state index is 0.246. The van der Waals surface area contributed by atoms with E-state index in [0.717, 1.165) is 22.2 Å². The number of aryl methyl sites for hydroxylation is 1. The highest BCUT2D eigenvalue weighted by Gasteiger charge is 2.10. The van der Waals surface area contributed by atoms with Gasteiger partial charge in [-0.15, -0.1) is 0 Å². The van der Waals surface area contributed by atoms with Crippen LogP contribution in [0.25, 0.3) is 22.2 Å². The lowest BCUT2D eigenvalue weighted by Crippen LogP contribution is -1.89. The average Bonchev–Trinajstić information content (AvgIpc) is 2.67. The lowest BCUT2D eigenvalue weighted by atomic mass is 10.1. The monoisotopic (exact) mass is 225 g/mol. The zero-order valence-corrected chi connectivity index (χ0v) is 9.33. The number of hydrogen-bond acceptors (Lipinski definition) is 3. The summed E-state index contributed by atoms with van der Waals surface area (Å²) in [5.41, 5.74) is 2.77. The molecular weight excluding hydrogens is 214 g/mol. The van der Waals surface area contributed by atoms with E-state index >= 15 is 0 Å². The first-order valence-corrected chi connectivity index (χ1v) is 5.32. The number of pyridine rings is 1. The summed E-state index contributed by atoms with van der Waals surface area (Å²) in [7, 11) is 1.89. The van der Waals surface area contributed by atoms with Gasteiger partial charge >= 0.3 is 0 Å². The van der Waals surface area contributed by atoms with Gasteiger partial charge in [0.25, 0.3) is 0 Å². The van der Waals surface area contributed by atoms with E-state index in [1.807, 2.05) is 25.2 Å². The van der Waals surface area contributed by atoms with Crippen molar-refractivity contribution < 1.29 is 5.11 Å². The highest BCUT2D eigenvalue weighted by Crippen LogP contribution is 2.29. The third kappa shape index (κ3) is 1.54. The highest BCUT2D eigenvalue weighted by atomic mass is 16.3. The van der Waals surface area contributed by atoms with Crippen LogP contribution in [0.3, 0.4) is 0 Å².